The minimum atomic E-state index is -3.53. The molecule has 0 unspecified atom stereocenters. The molecule has 8 heteroatoms. The molecule has 2 N–H and O–H groups in total. The molecule has 2 aliphatic heterocycles. The molecule has 0 aliphatic carbocycles. The highest BCUT2D eigenvalue weighted by Gasteiger charge is 2.40. The first-order valence-corrected chi connectivity index (χ1v) is 11.6. The molecule has 0 spiro atoms. The SMILES string of the molecule is NC(=O)C1CCN(C2CN(S(=O)(=O)c3cccc(-c4ccc(Cl)cc4)c3)C2)CC1. The van der Waals surface area contributed by atoms with Gasteiger partial charge in [-0.2, -0.15) is 4.31 Å². The third kappa shape index (κ3) is 4.19. The average Bonchev–Trinajstić information content (AvgIpc) is 2.68. The molecule has 0 bridgehead atoms. The van der Waals surface area contributed by atoms with Crippen molar-refractivity contribution in [1.29, 1.82) is 0 Å². The van der Waals surface area contributed by atoms with Crippen LogP contribution in [0.15, 0.2) is 53.4 Å². The van der Waals surface area contributed by atoms with Gasteiger partial charge in [0, 0.05) is 30.1 Å². The summed E-state index contributed by atoms with van der Waals surface area (Å²) in [5, 5.41) is 0.643. The third-order valence-corrected chi connectivity index (χ3v) is 8.01. The normalized spacial score (nSPS) is 19.8. The van der Waals surface area contributed by atoms with Gasteiger partial charge in [-0.3, -0.25) is 9.69 Å². The summed E-state index contributed by atoms with van der Waals surface area (Å²) in [5.41, 5.74) is 7.15. The van der Waals surface area contributed by atoms with E-state index < -0.39 is 10.0 Å². The first-order valence-electron chi connectivity index (χ1n) is 9.74. The Morgan fingerprint density at radius 1 is 1.00 bits per heavy atom. The molecule has 2 aromatic rings. The van der Waals surface area contributed by atoms with E-state index in [2.05, 4.69) is 4.90 Å². The van der Waals surface area contributed by atoms with Gasteiger partial charge in [-0.1, -0.05) is 35.9 Å². The minimum Gasteiger partial charge on any atom is -0.369 e. The van der Waals surface area contributed by atoms with Gasteiger partial charge in [0.2, 0.25) is 15.9 Å². The maximum absolute atomic E-state index is 13.0. The topological polar surface area (TPSA) is 83.7 Å². The van der Waals surface area contributed by atoms with Gasteiger partial charge in [0.25, 0.3) is 0 Å². The number of hydrogen-bond donors (Lipinski definition) is 1. The molecule has 29 heavy (non-hydrogen) atoms. The van der Waals surface area contributed by atoms with Crippen LogP contribution in [0.4, 0.5) is 0 Å². The largest absolute Gasteiger partial charge is 0.369 e. The van der Waals surface area contributed by atoms with Crippen LogP contribution in [0.2, 0.25) is 5.02 Å². The number of benzene rings is 2. The van der Waals surface area contributed by atoms with Crippen molar-refractivity contribution >= 4 is 27.5 Å². The van der Waals surface area contributed by atoms with Gasteiger partial charge in [0.1, 0.15) is 0 Å². The highest BCUT2D eigenvalue weighted by molar-refractivity contribution is 7.89. The van der Waals surface area contributed by atoms with Crippen molar-refractivity contribution in [1.82, 2.24) is 9.21 Å². The van der Waals surface area contributed by atoms with Crippen LogP contribution in [-0.4, -0.2) is 55.8 Å². The number of sulfonamides is 1. The van der Waals surface area contributed by atoms with Crippen molar-refractivity contribution in [3.8, 4) is 11.1 Å². The number of likely N-dealkylation sites (tertiary alicyclic amines) is 1. The summed E-state index contributed by atoms with van der Waals surface area (Å²) in [6.07, 6.45) is 1.50. The number of piperidine rings is 1. The molecule has 4 rings (SSSR count). The molecule has 2 saturated heterocycles. The molecule has 2 aromatic carbocycles. The second-order valence-electron chi connectivity index (χ2n) is 7.72. The van der Waals surface area contributed by atoms with Crippen molar-refractivity contribution in [2.45, 2.75) is 23.8 Å². The Morgan fingerprint density at radius 3 is 2.28 bits per heavy atom. The number of nitrogens with zero attached hydrogens (tertiary/aromatic N) is 2. The van der Waals surface area contributed by atoms with Crippen molar-refractivity contribution < 1.29 is 13.2 Å². The average molecular weight is 434 g/mol. The molecule has 6 nitrogen and oxygen atoms in total. The van der Waals surface area contributed by atoms with Gasteiger partial charge in [-0.15, -0.1) is 0 Å². The number of carbonyl (C=O) groups is 1. The van der Waals surface area contributed by atoms with Gasteiger partial charge in [-0.05, 0) is 61.3 Å². The number of primary amides is 1. The summed E-state index contributed by atoms with van der Waals surface area (Å²) in [7, 11) is -3.53. The molecule has 2 aliphatic rings. The zero-order chi connectivity index (χ0) is 20.6. The summed E-state index contributed by atoms with van der Waals surface area (Å²) in [4.78, 5) is 13.9. The molecule has 0 atom stereocenters. The molecule has 2 fully saturated rings. The number of carbonyl (C=O) groups excluding carboxylic acids is 1. The molecule has 0 saturated carbocycles. The molecular formula is C21H24ClN3O3S. The lowest BCUT2D eigenvalue weighted by Gasteiger charge is -2.46. The van der Waals surface area contributed by atoms with Crippen LogP contribution >= 0.6 is 11.6 Å². The number of halogens is 1. The first-order chi connectivity index (χ1) is 13.8. The summed E-state index contributed by atoms with van der Waals surface area (Å²) in [6, 6.07) is 14.6. The molecular weight excluding hydrogens is 410 g/mol. The molecule has 1 amide bonds. The maximum Gasteiger partial charge on any atom is 0.243 e. The second kappa shape index (κ2) is 8.07. The number of nitrogens with two attached hydrogens (primary N) is 1. The van der Waals surface area contributed by atoms with E-state index in [0.717, 1.165) is 37.1 Å². The Labute approximate surface area is 176 Å². The molecule has 154 valence electrons. The van der Waals surface area contributed by atoms with Crippen LogP contribution in [0.25, 0.3) is 11.1 Å². The number of rotatable bonds is 5. The van der Waals surface area contributed by atoms with E-state index in [1.165, 1.54) is 4.31 Å². The second-order valence-corrected chi connectivity index (χ2v) is 10.1. The van der Waals surface area contributed by atoms with Crippen LogP contribution in [0, 0.1) is 5.92 Å². The highest BCUT2D eigenvalue weighted by Crippen LogP contribution is 2.30. The Balaban J connectivity index is 1.42. The van der Waals surface area contributed by atoms with Gasteiger partial charge in [-0.25, -0.2) is 8.42 Å². The fraction of sp³-hybridized carbons (Fsp3) is 0.381. The van der Waals surface area contributed by atoms with Crippen LogP contribution in [0.5, 0.6) is 0 Å². The predicted octanol–water partition coefficient (Wildman–Crippen LogP) is 2.58. The Bertz CT molecular complexity index is 996. The maximum atomic E-state index is 13.0. The number of amides is 1. The quantitative estimate of drug-likeness (QED) is 0.785. The first kappa shape index (κ1) is 20.3. The lowest BCUT2D eigenvalue weighted by Crippen LogP contribution is -2.62. The fourth-order valence-corrected chi connectivity index (χ4v) is 5.71. The molecule has 0 radical (unpaired) electrons. The Hall–Kier alpha value is -1.93. The van der Waals surface area contributed by atoms with Crippen molar-refractivity contribution in [2.75, 3.05) is 26.2 Å². The van der Waals surface area contributed by atoms with E-state index >= 15 is 0 Å². The predicted molar refractivity (Wildman–Crippen MR) is 113 cm³/mol. The number of hydrogen-bond acceptors (Lipinski definition) is 4. The third-order valence-electron chi connectivity index (χ3n) is 5.93. The summed E-state index contributed by atoms with van der Waals surface area (Å²) < 4.78 is 27.6. The van der Waals surface area contributed by atoms with Crippen LogP contribution < -0.4 is 5.73 Å². The molecule has 2 heterocycles. The lowest BCUT2D eigenvalue weighted by molar-refractivity contribution is -0.123. The van der Waals surface area contributed by atoms with E-state index in [1.54, 1.807) is 30.3 Å². The van der Waals surface area contributed by atoms with Gasteiger partial charge in [0.15, 0.2) is 0 Å². The van der Waals surface area contributed by atoms with E-state index in [4.69, 9.17) is 17.3 Å². The smallest absolute Gasteiger partial charge is 0.243 e. The van der Waals surface area contributed by atoms with Gasteiger partial charge >= 0.3 is 0 Å². The Morgan fingerprint density at radius 2 is 1.66 bits per heavy atom. The fourth-order valence-electron chi connectivity index (χ4n) is 4.02. The Kier molecular flexibility index (Phi) is 5.66. The van der Waals surface area contributed by atoms with Crippen LogP contribution in [0.3, 0.4) is 0 Å². The summed E-state index contributed by atoms with van der Waals surface area (Å²) >= 11 is 5.94. The van der Waals surface area contributed by atoms with Crippen molar-refractivity contribution in [2.24, 2.45) is 11.7 Å². The zero-order valence-corrected chi connectivity index (χ0v) is 17.6. The van der Waals surface area contributed by atoms with E-state index in [1.807, 2.05) is 18.2 Å². The zero-order valence-electron chi connectivity index (χ0n) is 16.0. The van der Waals surface area contributed by atoms with E-state index in [0.29, 0.717) is 23.0 Å². The van der Waals surface area contributed by atoms with Crippen molar-refractivity contribution in [3.63, 3.8) is 0 Å². The minimum absolute atomic E-state index is 0.0539. The standard InChI is InChI=1S/C21H24ClN3O3S/c22-18-6-4-15(5-7-18)17-2-1-3-20(12-17)29(27,28)25-13-19(14-25)24-10-8-16(9-11-24)21(23)26/h1-7,12,16,19H,8-11,13-14H2,(H2,23,26). The van der Waals surface area contributed by atoms with Gasteiger partial charge < -0.3 is 5.73 Å². The van der Waals surface area contributed by atoms with Crippen LogP contribution in [0.1, 0.15) is 12.8 Å². The van der Waals surface area contributed by atoms with E-state index in [-0.39, 0.29) is 17.9 Å². The lowest BCUT2D eigenvalue weighted by atomic mass is 9.94. The molecule has 0 aromatic heterocycles. The summed E-state index contributed by atoms with van der Waals surface area (Å²) in [6.45, 7) is 2.54. The van der Waals surface area contributed by atoms with Gasteiger partial charge in [0.05, 0.1) is 4.90 Å². The summed E-state index contributed by atoms with van der Waals surface area (Å²) in [5.74, 6) is -0.287. The monoisotopic (exact) mass is 433 g/mol. The van der Waals surface area contributed by atoms with Crippen molar-refractivity contribution in [3.05, 3.63) is 53.6 Å². The highest BCUT2D eigenvalue weighted by atomic mass is 35.5. The van der Waals surface area contributed by atoms with Crippen LogP contribution in [-0.2, 0) is 14.8 Å². The van der Waals surface area contributed by atoms with E-state index in [9.17, 15) is 13.2 Å².